The number of nitrogens with one attached hydrogen (secondary N) is 1. The van der Waals surface area contributed by atoms with Crippen molar-refractivity contribution in [3.05, 3.63) is 23.3 Å². The van der Waals surface area contributed by atoms with Crippen molar-refractivity contribution >= 4 is 5.97 Å². The van der Waals surface area contributed by atoms with Crippen LogP contribution in [0.25, 0.3) is 0 Å². The molecule has 0 aromatic heterocycles. The van der Waals surface area contributed by atoms with E-state index in [1.807, 2.05) is 6.92 Å². The van der Waals surface area contributed by atoms with Gasteiger partial charge >= 0.3 is 5.97 Å². The summed E-state index contributed by atoms with van der Waals surface area (Å²) in [5.74, 6) is 0.140. The van der Waals surface area contributed by atoms with Crippen molar-refractivity contribution in [3.8, 4) is 0 Å². The fourth-order valence-electron chi connectivity index (χ4n) is 2.74. The number of hydrogen-bond donors (Lipinski definition) is 1. The number of likely N-dealkylation sites (tertiary alicyclic amines) is 1. The third kappa shape index (κ3) is 7.47. The number of carbonyl (C=O) groups excluding carboxylic acids is 1. The van der Waals surface area contributed by atoms with Crippen molar-refractivity contribution in [3.63, 3.8) is 0 Å². The normalized spacial score (nSPS) is 22.8. The predicted octanol–water partition coefficient (Wildman–Crippen LogP) is 2.54. The topological polar surface area (TPSA) is 30.7 Å². The first-order valence-corrected chi connectivity index (χ1v) is 8.32. The standard InChI is InChI=1S/C18H31NO2/c1-5-21-18(20)17-10-13-19(14-11-17)12-9-16(4)8-6-7-15(2)3/h7,9,17H,5-6,8,10-14H2,1-4H3/p+1/b16-9-. The third-order valence-corrected chi connectivity index (χ3v) is 4.14. The van der Waals surface area contributed by atoms with Gasteiger partial charge in [-0.3, -0.25) is 4.79 Å². The van der Waals surface area contributed by atoms with E-state index in [1.165, 1.54) is 11.1 Å². The van der Waals surface area contributed by atoms with Gasteiger partial charge in [-0.2, -0.15) is 0 Å². The molecule has 0 amide bonds. The van der Waals surface area contributed by atoms with Gasteiger partial charge in [0.25, 0.3) is 0 Å². The van der Waals surface area contributed by atoms with Crippen LogP contribution < -0.4 is 4.90 Å². The first-order chi connectivity index (χ1) is 10.0. The minimum Gasteiger partial charge on any atom is -0.466 e. The second kappa shape index (κ2) is 9.78. The monoisotopic (exact) mass is 294 g/mol. The predicted molar refractivity (Wildman–Crippen MR) is 87.3 cm³/mol. The fraction of sp³-hybridized carbons (Fsp3) is 0.722. The van der Waals surface area contributed by atoms with Gasteiger partial charge in [0.2, 0.25) is 0 Å². The molecule has 0 unspecified atom stereocenters. The quantitative estimate of drug-likeness (QED) is 0.578. The molecule has 21 heavy (non-hydrogen) atoms. The molecule has 1 aliphatic heterocycles. The Morgan fingerprint density at radius 3 is 2.43 bits per heavy atom. The number of piperidine rings is 1. The van der Waals surface area contributed by atoms with E-state index in [0.29, 0.717) is 6.61 Å². The molecule has 0 aliphatic carbocycles. The Balaban J connectivity index is 2.26. The van der Waals surface area contributed by atoms with Crippen LogP contribution in [0.2, 0.25) is 0 Å². The SMILES string of the molecule is CCOC(=O)C1CC[NH+](C/C=C(/C)CCC=C(C)C)CC1. The average Bonchev–Trinajstić information content (AvgIpc) is 2.45. The summed E-state index contributed by atoms with van der Waals surface area (Å²) in [6.07, 6.45) is 8.92. The summed E-state index contributed by atoms with van der Waals surface area (Å²) in [6, 6.07) is 0. The van der Waals surface area contributed by atoms with Crippen molar-refractivity contribution < 1.29 is 14.4 Å². The molecule has 1 saturated heterocycles. The van der Waals surface area contributed by atoms with Crippen LogP contribution in [0.1, 0.15) is 53.4 Å². The maximum atomic E-state index is 11.7. The molecule has 3 heteroatoms. The lowest BCUT2D eigenvalue weighted by molar-refractivity contribution is -0.900. The Morgan fingerprint density at radius 1 is 1.19 bits per heavy atom. The lowest BCUT2D eigenvalue weighted by atomic mass is 9.97. The Kier molecular flexibility index (Phi) is 8.36. The maximum Gasteiger partial charge on any atom is 0.309 e. The Labute approximate surface area is 130 Å². The second-order valence-corrected chi connectivity index (χ2v) is 6.35. The molecule has 1 aliphatic rings. The van der Waals surface area contributed by atoms with Crippen molar-refractivity contribution in [2.45, 2.75) is 53.4 Å². The molecular weight excluding hydrogens is 262 g/mol. The highest BCUT2D eigenvalue weighted by atomic mass is 16.5. The largest absolute Gasteiger partial charge is 0.466 e. The molecule has 0 bridgehead atoms. The van der Waals surface area contributed by atoms with Gasteiger partial charge in [-0.15, -0.1) is 0 Å². The number of allylic oxidation sites excluding steroid dienone is 3. The van der Waals surface area contributed by atoms with E-state index in [0.717, 1.165) is 45.3 Å². The summed E-state index contributed by atoms with van der Waals surface area (Å²) in [6.45, 7) is 12.2. The smallest absolute Gasteiger partial charge is 0.309 e. The van der Waals surface area contributed by atoms with Crippen molar-refractivity contribution in [1.82, 2.24) is 0 Å². The summed E-state index contributed by atoms with van der Waals surface area (Å²) in [4.78, 5) is 13.3. The number of ether oxygens (including phenoxy) is 1. The summed E-state index contributed by atoms with van der Waals surface area (Å²) >= 11 is 0. The molecule has 1 fully saturated rings. The molecule has 0 atom stereocenters. The summed E-state index contributed by atoms with van der Waals surface area (Å²) in [7, 11) is 0. The van der Waals surface area contributed by atoms with Crippen LogP contribution in [0.15, 0.2) is 23.3 Å². The van der Waals surface area contributed by atoms with Crippen molar-refractivity contribution in [2.75, 3.05) is 26.2 Å². The zero-order valence-electron chi connectivity index (χ0n) is 14.2. The van der Waals surface area contributed by atoms with Crippen LogP contribution in [0, 0.1) is 5.92 Å². The van der Waals surface area contributed by atoms with E-state index in [4.69, 9.17) is 4.74 Å². The fourth-order valence-corrected chi connectivity index (χ4v) is 2.74. The Bertz CT molecular complexity index is 373. The Morgan fingerprint density at radius 2 is 1.86 bits per heavy atom. The molecule has 120 valence electrons. The minimum atomic E-state index is 0.00463. The van der Waals surface area contributed by atoms with E-state index in [9.17, 15) is 4.79 Å². The summed E-state index contributed by atoms with van der Waals surface area (Å²) < 4.78 is 5.11. The molecular formula is C18H32NO2+. The molecule has 0 aromatic carbocycles. The van der Waals surface area contributed by atoms with Crippen LogP contribution >= 0.6 is 0 Å². The molecule has 1 N–H and O–H groups in total. The zero-order chi connectivity index (χ0) is 15.7. The molecule has 0 radical (unpaired) electrons. The number of hydrogen-bond acceptors (Lipinski definition) is 2. The molecule has 1 rings (SSSR count). The number of esters is 1. The van der Waals surface area contributed by atoms with Gasteiger partial charge in [0, 0.05) is 12.8 Å². The molecule has 0 spiro atoms. The lowest BCUT2D eigenvalue weighted by Crippen LogP contribution is -3.13. The van der Waals surface area contributed by atoms with E-state index in [2.05, 4.69) is 32.9 Å². The molecule has 0 aromatic rings. The van der Waals surface area contributed by atoms with Crippen LogP contribution in [0.5, 0.6) is 0 Å². The number of carbonyl (C=O) groups is 1. The van der Waals surface area contributed by atoms with Crippen molar-refractivity contribution in [2.24, 2.45) is 5.92 Å². The van der Waals surface area contributed by atoms with Crippen molar-refractivity contribution in [1.29, 1.82) is 0 Å². The molecule has 1 heterocycles. The highest BCUT2D eigenvalue weighted by Crippen LogP contribution is 2.11. The van der Waals surface area contributed by atoms with Crippen LogP contribution in [0.4, 0.5) is 0 Å². The zero-order valence-corrected chi connectivity index (χ0v) is 14.2. The van der Waals surface area contributed by atoms with Gasteiger partial charge < -0.3 is 9.64 Å². The van der Waals surface area contributed by atoms with Gasteiger partial charge in [-0.1, -0.05) is 17.2 Å². The summed E-state index contributed by atoms with van der Waals surface area (Å²) in [5.41, 5.74) is 2.88. The summed E-state index contributed by atoms with van der Waals surface area (Å²) in [5, 5.41) is 0. The van der Waals surface area contributed by atoms with Gasteiger partial charge in [-0.25, -0.2) is 0 Å². The number of quaternary nitrogens is 1. The van der Waals surface area contributed by atoms with E-state index < -0.39 is 0 Å². The first kappa shape index (κ1) is 18.0. The van der Waals surface area contributed by atoms with E-state index >= 15 is 0 Å². The first-order valence-electron chi connectivity index (χ1n) is 8.32. The van der Waals surface area contributed by atoms with Gasteiger partial charge in [0.15, 0.2) is 0 Å². The highest BCUT2D eigenvalue weighted by molar-refractivity contribution is 5.72. The van der Waals surface area contributed by atoms with E-state index in [-0.39, 0.29) is 11.9 Å². The van der Waals surface area contributed by atoms with Gasteiger partial charge in [-0.05, 0) is 46.6 Å². The Hall–Kier alpha value is -1.09. The average molecular weight is 294 g/mol. The van der Waals surface area contributed by atoms with Crippen LogP contribution in [-0.2, 0) is 9.53 Å². The lowest BCUT2D eigenvalue weighted by Gasteiger charge is -2.27. The highest BCUT2D eigenvalue weighted by Gasteiger charge is 2.27. The minimum absolute atomic E-state index is 0.00463. The van der Waals surface area contributed by atoms with Gasteiger partial charge in [0.05, 0.1) is 32.2 Å². The van der Waals surface area contributed by atoms with E-state index in [1.54, 1.807) is 4.90 Å². The number of rotatable bonds is 7. The third-order valence-electron chi connectivity index (χ3n) is 4.14. The molecule has 3 nitrogen and oxygen atoms in total. The second-order valence-electron chi connectivity index (χ2n) is 6.35. The van der Waals surface area contributed by atoms with Crippen LogP contribution in [0.3, 0.4) is 0 Å². The molecule has 0 saturated carbocycles. The van der Waals surface area contributed by atoms with Crippen LogP contribution in [-0.4, -0.2) is 32.2 Å². The van der Waals surface area contributed by atoms with Gasteiger partial charge in [0.1, 0.15) is 0 Å². The maximum absolute atomic E-state index is 11.7.